The normalized spacial score (nSPS) is 11.8. The lowest BCUT2D eigenvalue weighted by molar-refractivity contribution is 0.515. The van der Waals surface area contributed by atoms with Gasteiger partial charge in [-0.05, 0) is 24.6 Å². The predicted octanol–water partition coefficient (Wildman–Crippen LogP) is 3.38. The number of nitrogens with zero attached hydrogens (tertiary/aromatic N) is 4. The Balaban J connectivity index is 1.89. The van der Waals surface area contributed by atoms with Crippen LogP contribution in [0, 0.1) is 18.6 Å². The molecule has 2 aromatic rings. The molecule has 3 heterocycles. The van der Waals surface area contributed by atoms with Gasteiger partial charge in [-0.15, -0.1) is 0 Å². The fourth-order valence-corrected chi connectivity index (χ4v) is 3.09. The van der Waals surface area contributed by atoms with Crippen LogP contribution < -0.4 is 5.56 Å². The zero-order valence-corrected chi connectivity index (χ0v) is 15.0. The monoisotopic (exact) mass is 369 g/mol. The summed E-state index contributed by atoms with van der Waals surface area (Å²) in [6.45, 7) is 6.09. The van der Waals surface area contributed by atoms with Crippen LogP contribution in [0.15, 0.2) is 29.3 Å². The largest absolute Gasteiger partial charge is 0.319 e. The zero-order chi connectivity index (χ0) is 19.3. The van der Waals surface area contributed by atoms with Crippen LogP contribution in [-0.4, -0.2) is 24.5 Å². The molecular formula is C19H17F2N5O. The van der Waals surface area contributed by atoms with Gasteiger partial charge in [-0.1, -0.05) is 13.8 Å². The van der Waals surface area contributed by atoms with Crippen LogP contribution in [0.5, 0.6) is 0 Å². The van der Waals surface area contributed by atoms with Crippen LogP contribution in [-0.2, 0) is 6.54 Å². The molecule has 0 amide bonds. The highest BCUT2D eigenvalue weighted by Crippen LogP contribution is 2.26. The van der Waals surface area contributed by atoms with E-state index in [1.807, 2.05) is 20.8 Å². The van der Waals surface area contributed by atoms with Gasteiger partial charge in [0, 0.05) is 17.4 Å². The van der Waals surface area contributed by atoms with Gasteiger partial charge < -0.3 is 9.55 Å². The molecule has 0 spiro atoms. The maximum absolute atomic E-state index is 14.1. The molecule has 0 saturated carbocycles. The van der Waals surface area contributed by atoms with E-state index in [2.05, 4.69) is 19.9 Å². The quantitative estimate of drug-likeness (QED) is 0.601. The van der Waals surface area contributed by atoms with E-state index in [1.165, 1.54) is 12.1 Å². The Morgan fingerprint density at radius 1 is 1.22 bits per heavy atom. The fourth-order valence-electron chi connectivity index (χ4n) is 3.09. The van der Waals surface area contributed by atoms with Crippen LogP contribution in [0.25, 0.3) is 22.4 Å². The molecule has 1 aromatic carbocycles. The number of hydrogen-bond donors (Lipinski definition) is 1. The lowest BCUT2D eigenvalue weighted by atomic mass is 10.1. The Morgan fingerprint density at radius 3 is 2.74 bits per heavy atom. The predicted molar refractivity (Wildman–Crippen MR) is 96.9 cm³/mol. The van der Waals surface area contributed by atoms with E-state index in [9.17, 15) is 13.6 Å². The summed E-state index contributed by atoms with van der Waals surface area (Å²) in [6.07, 6.45) is 1.61. The Bertz CT molecular complexity index is 1190. The summed E-state index contributed by atoms with van der Waals surface area (Å²) >= 11 is 0. The van der Waals surface area contributed by atoms with Crippen molar-refractivity contribution < 1.29 is 8.78 Å². The Kier molecular flexibility index (Phi) is 3.98. The second kappa shape index (κ2) is 6.22. The second-order valence-corrected chi connectivity index (χ2v) is 6.81. The Hall–Kier alpha value is -3.16. The van der Waals surface area contributed by atoms with Crippen molar-refractivity contribution in [3.8, 4) is 11.5 Å². The first-order valence-corrected chi connectivity index (χ1v) is 8.54. The number of aryl methyl sites for hydroxylation is 1. The van der Waals surface area contributed by atoms with Crippen molar-refractivity contribution >= 4 is 10.9 Å². The third-order valence-electron chi connectivity index (χ3n) is 4.52. The molecule has 4 rings (SSSR count). The molecule has 0 bridgehead atoms. The van der Waals surface area contributed by atoms with Crippen molar-refractivity contribution in [3.05, 3.63) is 63.6 Å². The van der Waals surface area contributed by atoms with E-state index in [-0.39, 0.29) is 18.0 Å². The van der Waals surface area contributed by atoms with Crippen molar-refractivity contribution in [2.75, 3.05) is 0 Å². The smallest absolute Gasteiger partial charge is 0.248 e. The molecule has 0 aliphatic carbocycles. The van der Waals surface area contributed by atoms with E-state index in [4.69, 9.17) is 0 Å². The number of pyridine rings is 1. The van der Waals surface area contributed by atoms with E-state index in [0.717, 1.165) is 11.8 Å². The van der Waals surface area contributed by atoms with Crippen molar-refractivity contribution in [1.82, 2.24) is 24.5 Å². The average Bonchev–Trinajstić information content (AvgIpc) is 3.08. The number of aromatic amines is 1. The first kappa shape index (κ1) is 17.3. The number of H-pyrrole nitrogens is 1. The molecular weight excluding hydrogens is 352 g/mol. The highest BCUT2D eigenvalue weighted by Gasteiger charge is 2.20. The van der Waals surface area contributed by atoms with E-state index in [0.29, 0.717) is 28.3 Å². The molecule has 0 fully saturated rings. The summed E-state index contributed by atoms with van der Waals surface area (Å²) in [5.41, 5.74) is 1.33. The van der Waals surface area contributed by atoms with Crippen LogP contribution >= 0.6 is 0 Å². The molecule has 1 N–H and O–H groups in total. The summed E-state index contributed by atoms with van der Waals surface area (Å²) < 4.78 is 29.4. The number of hydrogen-bond acceptors (Lipinski definition) is 4. The third kappa shape index (κ3) is 2.87. The molecule has 8 heteroatoms. The SMILES string of the molecule is Cc1ncn(Cc2cc(=O)[nH]c3c(F)c(F)ccc23)c2nc(C(C)C)nc1-2. The van der Waals surface area contributed by atoms with Gasteiger partial charge in [-0.2, -0.15) is 0 Å². The molecule has 138 valence electrons. The minimum Gasteiger partial charge on any atom is -0.319 e. The number of fused-ring (bicyclic) bond motifs is 2. The van der Waals surface area contributed by atoms with Gasteiger partial charge in [0.25, 0.3) is 0 Å². The van der Waals surface area contributed by atoms with Gasteiger partial charge in [0.2, 0.25) is 5.56 Å². The fraction of sp³-hybridized carbons (Fsp3) is 0.263. The zero-order valence-electron chi connectivity index (χ0n) is 15.0. The number of nitrogens with one attached hydrogen (secondary N) is 1. The van der Waals surface area contributed by atoms with Crippen LogP contribution in [0.2, 0.25) is 0 Å². The maximum Gasteiger partial charge on any atom is 0.248 e. The third-order valence-corrected chi connectivity index (χ3v) is 4.52. The number of benzene rings is 1. The number of halogens is 2. The van der Waals surface area contributed by atoms with E-state index >= 15 is 0 Å². The molecule has 0 radical (unpaired) electrons. The molecule has 0 saturated heterocycles. The van der Waals surface area contributed by atoms with E-state index in [1.54, 1.807) is 10.9 Å². The molecule has 0 unspecified atom stereocenters. The van der Waals surface area contributed by atoms with Gasteiger partial charge in [0.15, 0.2) is 17.5 Å². The average molecular weight is 369 g/mol. The van der Waals surface area contributed by atoms with Gasteiger partial charge in [-0.25, -0.2) is 23.7 Å². The number of rotatable bonds is 3. The first-order valence-electron chi connectivity index (χ1n) is 8.54. The van der Waals surface area contributed by atoms with Gasteiger partial charge in [0.05, 0.1) is 24.1 Å². The topological polar surface area (TPSA) is 76.5 Å². The minimum absolute atomic E-state index is 0.147. The van der Waals surface area contributed by atoms with Gasteiger partial charge in [-0.3, -0.25) is 4.79 Å². The summed E-state index contributed by atoms with van der Waals surface area (Å²) in [7, 11) is 0. The van der Waals surface area contributed by atoms with Crippen molar-refractivity contribution in [1.29, 1.82) is 0 Å². The number of imidazole rings is 1. The molecule has 2 aliphatic rings. The lowest BCUT2D eigenvalue weighted by Crippen LogP contribution is -2.13. The highest BCUT2D eigenvalue weighted by atomic mass is 19.2. The van der Waals surface area contributed by atoms with Crippen LogP contribution in [0.1, 0.15) is 36.8 Å². The number of aromatic nitrogens is 5. The van der Waals surface area contributed by atoms with Gasteiger partial charge in [0.1, 0.15) is 11.5 Å². The second-order valence-electron chi connectivity index (χ2n) is 6.81. The van der Waals surface area contributed by atoms with E-state index < -0.39 is 17.2 Å². The molecule has 0 atom stereocenters. The lowest BCUT2D eigenvalue weighted by Gasteiger charge is -2.13. The highest BCUT2D eigenvalue weighted by molar-refractivity contribution is 5.82. The van der Waals surface area contributed by atoms with Crippen molar-refractivity contribution in [2.24, 2.45) is 0 Å². The molecule has 1 aromatic heterocycles. The van der Waals surface area contributed by atoms with Gasteiger partial charge >= 0.3 is 0 Å². The summed E-state index contributed by atoms with van der Waals surface area (Å²) in [5.74, 6) is -0.576. The summed E-state index contributed by atoms with van der Waals surface area (Å²) in [5, 5.41) is 0.429. The Labute approximate surface area is 153 Å². The minimum atomic E-state index is -1.07. The first-order chi connectivity index (χ1) is 12.8. The van der Waals surface area contributed by atoms with Crippen molar-refractivity contribution in [3.63, 3.8) is 0 Å². The van der Waals surface area contributed by atoms with Crippen molar-refractivity contribution in [2.45, 2.75) is 33.2 Å². The summed E-state index contributed by atoms with van der Waals surface area (Å²) in [4.78, 5) is 27.8. The standard InChI is InChI=1S/C19H17F2N5O/c1-9(2)18-24-16-10(3)22-8-26(19(16)25-18)7-11-6-14(27)23-17-12(11)4-5-13(20)15(17)21/h4-6,8-9H,7H2,1-3H3,(H,23,27). The maximum atomic E-state index is 14.1. The van der Waals surface area contributed by atoms with Crippen LogP contribution in [0.3, 0.4) is 0 Å². The molecule has 2 aliphatic heterocycles. The molecule has 6 nitrogen and oxygen atoms in total. The molecule has 27 heavy (non-hydrogen) atoms. The summed E-state index contributed by atoms with van der Waals surface area (Å²) in [6, 6.07) is 3.87. The Morgan fingerprint density at radius 2 is 2.00 bits per heavy atom. The van der Waals surface area contributed by atoms with Crippen LogP contribution in [0.4, 0.5) is 8.78 Å².